The predicted octanol–water partition coefficient (Wildman–Crippen LogP) is 3.45. The van der Waals surface area contributed by atoms with Crippen LogP contribution in [-0.2, 0) is 20.0 Å². The summed E-state index contributed by atoms with van der Waals surface area (Å²) in [5.41, 5.74) is 1.15. The molecule has 13 heteroatoms. The van der Waals surface area contributed by atoms with Crippen LogP contribution in [0.3, 0.4) is 0 Å². The van der Waals surface area contributed by atoms with E-state index in [9.17, 15) is 26.3 Å². The molecule has 1 N–H and O–H groups in total. The third-order valence-corrected chi connectivity index (χ3v) is 10.6. The molecule has 5 aromatic rings. The lowest BCUT2D eigenvalue weighted by Gasteiger charge is -2.20. The third kappa shape index (κ3) is 4.04. The maximum absolute atomic E-state index is 14.4. The summed E-state index contributed by atoms with van der Waals surface area (Å²) in [6.45, 7) is 1.71. The van der Waals surface area contributed by atoms with Gasteiger partial charge in [-0.3, -0.25) is 0 Å². The van der Waals surface area contributed by atoms with E-state index in [1.54, 1.807) is 35.8 Å². The van der Waals surface area contributed by atoms with Crippen molar-refractivity contribution in [2.45, 2.75) is 35.3 Å². The number of benzene rings is 2. The number of aliphatic hydroxyl groups excluding tert-OH is 1. The largest absolute Gasteiger partial charge is 0.385 e. The summed E-state index contributed by atoms with van der Waals surface area (Å²) < 4.78 is 71.7. The number of imidazole rings is 1. The Balaban J connectivity index is 1.48. The van der Waals surface area contributed by atoms with Crippen molar-refractivity contribution in [3.05, 3.63) is 84.7 Å². The molecule has 3 aromatic heterocycles. The Hall–Kier alpha value is -3.65. The lowest BCUT2D eigenvalue weighted by Crippen LogP contribution is -2.30. The van der Waals surface area contributed by atoms with Gasteiger partial charge in [-0.1, -0.05) is 30.3 Å². The van der Waals surface area contributed by atoms with Crippen molar-refractivity contribution in [1.82, 2.24) is 22.8 Å². The maximum atomic E-state index is 14.4. The summed E-state index contributed by atoms with van der Waals surface area (Å²) in [4.78, 5) is 8.65. The summed E-state index contributed by atoms with van der Waals surface area (Å²) in [6.07, 6.45) is 2.24. The SMILES string of the molecule is C[C@@H](O)c1nc2cnc3c(ccn3S(=O)(=O)c3ccccc3)c2n1C1CCN(S(=O)(=O)c2ccccc2F)C1. The van der Waals surface area contributed by atoms with Crippen molar-refractivity contribution < 1.29 is 26.3 Å². The smallest absolute Gasteiger partial charge is 0.269 e. The Kier molecular flexibility index (Phi) is 6.06. The van der Waals surface area contributed by atoms with Crippen LogP contribution in [0.1, 0.15) is 31.3 Å². The van der Waals surface area contributed by atoms with Crippen molar-refractivity contribution in [2.75, 3.05) is 13.1 Å². The number of hydrogen-bond acceptors (Lipinski definition) is 7. The molecule has 0 saturated carbocycles. The van der Waals surface area contributed by atoms with Gasteiger partial charge >= 0.3 is 0 Å². The van der Waals surface area contributed by atoms with Crippen LogP contribution in [0.4, 0.5) is 4.39 Å². The van der Waals surface area contributed by atoms with Crippen molar-refractivity contribution in [1.29, 1.82) is 0 Å². The molecule has 0 radical (unpaired) electrons. The average Bonchev–Trinajstić information content (AvgIpc) is 3.65. The molecule has 2 aromatic carbocycles. The van der Waals surface area contributed by atoms with Crippen molar-refractivity contribution in [2.24, 2.45) is 0 Å². The van der Waals surface area contributed by atoms with Gasteiger partial charge < -0.3 is 9.67 Å². The number of halogens is 1. The fraction of sp³-hybridized carbons (Fsp3) is 0.231. The third-order valence-electron chi connectivity index (χ3n) is 6.98. The number of aliphatic hydroxyl groups is 1. The number of sulfonamides is 1. The molecule has 0 spiro atoms. The van der Waals surface area contributed by atoms with E-state index in [2.05, 4.69) is 9.97 Å². The zero-order valence-electron chi connectivity index (χ0n) is 20.7. The first-order chi connectivity index (χ1) is 18.6. The highest BCUT2D eigenvalue weighted by atomic mass is 32.2. The van der Waals surface area contributed by atoms with E-state index in [-0.39, 0.29) is 23.6 Å². The Morgan fingerprint density at radius 3 is 2.44 bits per heavy atom. The zero-order chi connectivity index (χ0) is 27.5. The topological polar surface area (TPSA) is 127 Å². The van der Waals surface area contributed by atoms with Crippen LogP contribution in [0.5, 0.6) is 0 Å². The second-order valence-corrected chi connectivity index (χ2v) is 13.1. The molecule has 1 unspecified atom stereocenters. The molecule has 6 rings (SSSR count). The molecule has 1 aliphatic rings. The molecular weight excluding hydrogens is 545 g/mol. The number of fused-ring (bicyclic) bond motifs is 3. The van der Waals surface area contributed by atoms with E-state index in [0.29, 0.717) is 28.7 Å². The summed E-state index contributed by atoms with van der Waals surface area (Å²) in [5, 5.41) is 11.1. The second-order valence-electron chi connectivity index (χ2n) is 9.41. The molecule has 2 atom stereocenters. The van der Waals surface area contributed by atoms with E-state index in [0.717, 1.165) is 10.0 Å². The van der Waals surface area contributed by atoms with E-state index < -0.39 is 42.9 Å². The van der Waals surface area contributed by atoms with Gasteiger partial charge in [0.15, 0.2) is 5.65 Å². The molecule has 0 aliphatic carbocycles. The van der Waals surface area contributed by atoms with E-state index in [1.165, 1.54) is 47.0 Å². The number of nitrogens with zero attached hydrogens (tertiary/aromatic N) is 5. The highest BCUT2D eigenvalue weighted by Crippen LogP contribution is 2.36. The second kappa shape index (κ2) is 9.23. The van der Waals surface area contributed by atoms with Crippen LogP contribution in [-0.4, -0.2) is 57.8 Å². The summed E-state index contributed by atoms with van der Waals surface area (Å²) >= 11 is 0. The van der Waals surface area contributed by atoms with Crippen LogP contribution in [0.25, 0.3) is 22.1 Å². The van der Waals surface area contributed by atoms with Crippen LogP contribution >= 0.6 is 0 Å². The number of hydrogen-bond donors (Lipinski definition) is 1. The lowest BCUT2D eigenvalue weighted by atomic mass is 10.2. The number of rotatable bonds is 6. The van der Waals surface area contributed by atoms with Gasteiger partial charge in [0.2, 0.25) is 10.0 Å². The van der Waals surface area contributed by atoms with Crippen molar-refractivity contribution in [3.63, 3.8) is 0 Å². The highest BCUT2D eigenvalue weighted by molar-refractivity contribution is 7.90. The van der Waals surface area contributed by atoms with Gasteiger partial charge in [-0.25, -0.2) is 35.2 Å². The number of aromatic nitrogens is 4. The van der Waals surface area contributed by atoms with Gasteiger partial charge in [-0.05, 0) is 43.7 Å². The van der Waals surface area contributed by atoms with Gasteiger partial charge in [0, 0.05) is 24.7 Å². The number of pyridine rings is 1. The quantitative estimate of drug-likeness (QED) is 0.332. The average molecular weight is 570 g/mol. The standard InChI is InChI=1S/C26H24FN5O5S2/c1-17(33)25-29-22-15-28-26-20(12-14-31(26)38(34,35)19-7-3-2-4-8-19)24(22)32(25)18-11-13-30(16-18)39(36,37)23-10-6-5-9-21(23)27/h2-10,12,14-15,17-18,33H,11,13,16H2,1H3/t17-,18?/m1/s1. The minimum Gasteiger partial charge on any atom is -0.385 e. The Morgan fingerprint density at radius 2 is 1.72 bits per heavy atom. The predicted molar refractivity (Wildman–Crippen MR) is 141 cm³/mol. The molecule has 1 fully saturated rings. The summed E-state index contributed by atoms with van der Waals surface area (Å²) in [7, 11) is -8.04. The summed E-state index contributed by atoms with van der Waals surface area (Å²) in [5.74, 6) is -0.527. The highest BCUT2D eigenvalue weighted by Gasteiger charge is 2.37. The van der Waals surface area contributed by atoms with Crippen LogP contribution in [0.15, 0.2) is 82.8 Å². The van der Waals surface area contributed by atoms with Gasteiger partial charge in [-0.2, -0.15) is 4.31 Å². The molecule has 10 nitrogen and oxygen atoms in total. The maximum Gasteiger partial charge on any atom is 0.269 e. The monoisotopic (exact) mass is 569 g/mol. The van der Waals surface area contributed by atoms with Gasteiger partial charge in [0.1, 0.15) is 28.2 Å². The van der Waals surface area contributed by atoms with Crippen LogP contribution in [0, 0.1) is 5.82 Å². The molecule has 39 heavy (non-hydrogen) atoms. The summed E-state index contributed by atoms with van der Waals surface area (Å²) in [6, 6.07) is 14.4. The molecule has 0 bridgehead atoms. The van der Waals surface area contributed by atoms with Crippen molar-refractivity contribution >= 4 is 42.1 Å². The van der Waals surface area contributed by atoms with Crippen molar-refractivity contribution in [3.8, 4) is 0 Å². The fourth-order valence-corrected chi connectivity index (χ4v) is 8.04. The Labute approximate surface area is 224 Å². The first kappa shape index (κ1) is 25.6. The molecule has 4 heterocycles. The molecule has 202 valence electrons. The first-order valence-electron chi connectivity index (χ1n) is 12.2. The van der Waals surface area contributed by atoms with Crippen LogP contribution in [0.2, 0.25) is 0 Å². The molecule has 1 aliphatic heterocycles. The minimum absolute atomic E-state index is 0.0225. The zero-order valence-corrected chi connectivity index (χ0v) is 22.3. The lowest BCUT2D eigenvalue weighted by molar-refractivity contribution is 0.182. The Bertz CT molecular complexity index is 1940. The van der Waals surface area contributed by atoms with Gasteiger partial charge in [0.25, 0.3) is 10.0 Å². The first-order valence-corrected chi connectivity index (χ1v) is 15.1. The van der Waals surface area contributed by atoms with Crippen LogP contribution < -0.4 is 0 Å². The molecule has 1 saturated heterocycles. The van der Waals surface area contributed by atoms with E-state index >= 15 is 0 Å². The minimum atomic E-state index is -4.10. The van der Waals surface area contributed by atoms with Gasteiger partial charge in [-0.15, -0.1) is 0 Å². The molecule has 0 amide bonds. The van der Waals surface area contributed by atoms with E-state index in [4.69, 9.17) is 0 Å². The van der Waals surface area contributed by atoms with E-state index in [1.807, 2.05) is 0 Å². The Morgan fingerprint density at radius 1 is 1.00 bits per heavy atom. The normalized spacial score (nSPS) is 17.8. The molecular formula is C26H24FN5O5S2. The van der Waals surface area contributed by atoms with Gasteiger partial charge in [0.05, 0.1) is 22.7 Å². The fourth-order valence-electron chi connectivity index (χ4n) is 5.16.